The molecule has 0 aliphatic rings. The Bertz CT molecular complexity index is 491. The van der Waals surface area contributed by atoms with Crippen LogP contribution in [0.5, 0.6) is 0 Å². The lowest BCUT2D eigenvalue weighted by molar-refractivity contribution is -0.118. The lowest BCUT2D eigenvalue weighted by Crippen LogP contribution is -2.17. The summed E-state index contributed by atoms with van der Waals surface area (Å²) in [6.45, 7) is 3.53. The maximum Gasteiger partial charge on any atom is 0.226 e. The highest BCUT2D eigenvalue weighted by atomic mass is 32.2. The highest BCUT2D eigenvalue weighted by Gasteiger charge is 2.12. The van der Waals surface area contributed by atoms with Gasteiger partial charge in [0.05, 0.1) is 4.90 Å². The Hall–Kier alpha value is -1.40. The van der Waals surface area contributed by atoms with Crippen molar-refractivity contribution in [3.05, 3.63) is 24.3 Å². The van der Waals surface area contributed by atoms with E-state index < -0.39 is 15.8 Å². The molecule has 0 aromatic heterocycles. The van der Waals surface area contributed by atoms with Crippen molar-refractivity contribution in [2.45, 2.75) is 18.7 Å². The van der Waals surface area contributed by atoms with Gasteiger partial charge in [0.25, 0.3) is 0 Å². The van der Waals surface area contributed by atoms with Crippen LogP contribution in [0.4, 0.5) is 5.69 Å². The van der Waals surface area contributed by atoms with Crippen LogP contribution >= 0.6 is 0 Å². The van der Waals surface area contributed by atoms with E-state index in [-0.39, 0.29) is 16.7 Å². The third kappa shape index (κ3) is 3.54. The second-order valence-electron chi connectivity index (χ2n) is 3.91. The van der Waals surface area contributed by atoms with E-state index in [1.54, 1.807) is 13.8 Å². The third-order valence-electron chi connectivity index (χ3n) is 2.18. The minimum Gasteiger partial charge on any atom is -0.380 e. The highest BCUT2D eigenvalue weighted by Crippen LogP contribution is 2.15. The molecule has 0 bridgehead atoms. The zero-order chi connectivity index (χ0) is 13.1. The number of carbonyl (C=O) groups excluding carboxylic acids is 1. The number of aliphatic hydroxyl groups excluding tert-OH is 1. The Kier molecular flexibility index (Phi) is 4.25. The monoisotopic (exact) mass is 257 g/mol. The zero-order valence-corrected chi connectivity index (χ0v) is 10.5. The average molecular weight is 257 g/mol. The summed E-state index contributed by atoms with van der Waals surface area (Å²) >= 11 is 0. The van der Waals surface area contributed by atoms with E-state index in [1.165, 1.54) is 24.3 Å². The normalized spacial score (nSPS) is 11.5. The van der Waals surface area contributed by atoms with Crippen LogP contribution in [0.2, 0.25) is 0 Å². The molecule has 0 saturated carbocycles. The van der Waals surface area contributed by atoms with Crippen LogP contribution in [0.1, 0.15) is 13.8 Å². The van der Waals surface area contributed by atoms with E-state index >= 15 is 0 Å². The van der Waals surface area contributed by atoms with Crippen molar-refractivity contribution in [2.24, 2.45) is 5.92 Å². The topological polar surface area (TPSA) is 83.5 Å². The van der Waals surface area contributed by atoms with Gasteiger partial charge in [-0.1, -0.05) is 13.8 Å². The molecule has 0 fully saturated rings. The Labute approximate surface area is 100 Å². The van der Waals surface area contributed by atoms with Crippen molar-refractivity contribution in [2.75, 3.05) is 11.3 Å². The average Bonchev–Trinajstić information content (AvgIpc) is 2.29. The number of amides is 1. The molecular weight excluding hydrogens is 242 g/mol. The van der Waals surface area contributed by atoms with Crippen LogP contribution < -0.4 is 5.32 Å². The number of anilines is 1. The number of rotatable bonds is 4. The van der Waals surface area contributed by atoms with Gasteiger partial charge < -0.3 is 10.4 Å². The number of benzene rings is 1. The molecule has 1 rings (SSSR count). The summed E-state index contributed by atoms with van der Waals surface area (Å²) in [5.74, 6) is -1.20. The fourth-order valence-electron chi connectivity index (χ4n) is 1.11. The van der Waals surface area contributed by atoms with Gasteiger partial charge in [-0.25, -0.2) is 8.42 Å². The SMILES string of the molecule is CC(C)C(=O)Nc1ccc(S(=O)(=O)CO)cc1. The Morgan fingerprint density at radius 2 is 1.82 bits per heavy atom. The van der Waals surface area contributed by atoms with Gasteiger partial charge in [0.15, 0.2) is 0 Å². The zero-order valence-electron chi connectivity index (χ0n) is 9.67. The molecule has 5 nitrogen and oxygen atoms in total. The quantitative estimate of drug-likeness (QED) is 0.843. The molecule has 0 spiro atoms. The Morgan fingerprint density at radius 3 is 2.24 bits per heavy atom. The first-order valence-electron chi connectivity index (χ1n) is 5.11. The van der Waals surface area contributed by atoms with Crippen molar-refractivity contribution in [3.63, 3.8) is 0 Å². The number of nitrogens with one attached hydrogen (secondary N) is 1. The van der Waals surface area contributed by atoms with E-state index in [4.69, 9.17) is 5.11 Å². The van der Waals surface area contributed by atoms with Crippen molar-refractivity contribution in [1.29, 1.82) is 0 Å². The molecule has 0 aliphatic carbocycles. The minimum atomic E-state index is -3.62. The van der Waals surface area contributed by atoms with E-state index in [0.29, 0.717) is 5.69 Å². The van der Waals surface area contributed by atoms with Crippen LogP contribution in [0.15, 0.2) is 29.2 Å². The number of hydrogen-bond donors (Lipinski definition) is 2. The molecule has 0 unspecified atom stereocenters. The van der Waals surface area contributed by atoms with Gasteiger partial charge in [-0.15, -0.1) is 0 Å². The Balaban J connectivity index is 2.86. The van der Waals surface area contributed by atoms with Crippen LogP contribution in [0.25, 0.3) is 0 Å². The Morgan fingerprint density at radius 1 is 1.29 bits per heavy atom. The van der Waals surface area contributed by atoms with Gasteiger partial charge >= 0.3 is 0 Å². The van der Waals surface area contributed by atoms with Gasteiger partial charge in [0.2, 0.25) is 15.7 Å². The number of aliphatic hydroxyl groups is 1. The molecule has 0 radical (unpaired) electrons. The first-order chi connectivity index (χ1) is 7.86. The maximum atomic E-state index is 11.4. The second-order valence-corrected chi connectivity index (χ2v) is 5.87. The number of hydrogen-bond acceptors (Lipinski definition) is 4. The molecule has 1 aromatic rings. The van der Waals surface area contributed by atoms with Crippen molar-refractivity contribution in [3.8, 4) is 0 Å². The standard InChI is InChI=1S/C11H15NO4S/c1-8(2)11(14)12-9-3-5-10(6-4-9)17(15,16)7-13/h3-6,8,13H,7H2,1-2H3,(H,12,14). The smallest absolute Gasteiger partial charge is 0.226 e. The summed E-state index contributed by atoms with van der Waals surface area (Å²) < 4.78 is 22.6. The summed E-state index contributed by atoms with van der Waals surface area (Å²) in [5, 5.41) is 11.3. The van der Waals surface area contributed by atoms with E-state index in [0.717, 1.165) is 0 Å². The summed E-state index contributed by atoms with van der Waals surface area (Å²) in [7, 11) is -3.62. The summed E-state index contributed by atoms with van der Waals surface area (Å²) in [5.41, 5.74) is 0.528. The van der Waals surface area contributed by atoms with Crippen molar-refractivity contribution < 1.29 is 18.3 Å². The predicted molar refractivity (Wildman–Crippen MR) is 64.2 cm³/mol. The lowest BCUT2D eigenvalue weighted by atomic mass is 10.2. The number of carbonyl (C=O) groups is 1. The molecule has 6 heteroatoms. The summed E-state index contributed by atoms with van der Waals surface area (Å²) in [6, 6.07) is 5.68. The van der Waals surface area contributed by atoms with E-state index in [2.05, 4.69) is 5.32 Å². The molecule has 94 valence electrons. The molecule has 0 aliphatic heterocycles. The van der Waals surface area contributed by atoms with Gasteiger partial charge in [-0.05, 0) is 24.3 Å². The molecule has 2 N–H and O–H groups in total. The molecular formula is C11H15NO4S. The maximum absolute atomic E-state index is 11.4. The largest absolute Gasteiger partial charge is 0.380 e. The van der Waals surface area contributed by atoms with Gasteiger partial charge in [0.1, 0.15) is 5.94 Å². The highest BCUT2D eigenvalue weighted by molar-refractivity contribution is 7.91. The van der Waals surface area contributed by atoms with Crippen LogP contribution in [0.3, 0.4) is 0 Å². The molecule has 1 amide bonds. The van der Waals surface area contributed by atoms with E-state index in [9.17, 15) is 13.2 Å². The molecule has 0 saturated heterocycles. The first kappa shape index (κ1) is 13.7. The molecule has 17 heavy (non-hydrogen) atoms. The van der Waals surface area contributed by atoms with Crippen LogP contribution in [-0.2, 0) is 14.6 Å². The summed E-state index contributed by atoms with van der Waals surface area (Å²) in [4.78, 5) is 11.4. The van der Waals surface area contributed by atoms with Gasteiger partial charge in [0, 0.05) is 11.6 Å². The van der Waals surface area contributed by atoms with Gasteiger partial charge in [-0.3, -0.25) is 4.79 Å². The summed E-state index contributed by atoms with van der Waals surface area (Å²) in [6.07, 6.45) is 0. The number of sulfone groups is 1. The van der Waals surface area contributed by atoms with Gasteiger partial charge in [-0.2, -0.15) is 0 Å². The fraction of sp³-hybridized carbons (Fsp3) is 0.364. The second kappa shape index (κ2) is 5.29. The predicted octanol–water partition coefficient (Wildman–Crippen LogP) is 1.00. The fourth-order valence-corrected chi connectivity index (χ4v) is 1.81. The van der Waals surface area contributed by atoms with Crippen molar-refractivity contribution in [1.82, 2.24) is 0 Å². The third-order valence-corrected chi connectivity index (χ3v) is 3.51. The van der Waals surface area contributed by atoms with E-state index in [1.807, 2.05) is 0 Å². The molecule has 0 heterocycles. The van der Waals surface area contributed by atoms with Crippen LogP contribution in [-0.4, -0.2) is 25.4 Å². The first-order valence-corrected chi connectivity index (χ1v) is 6.76. The molecule has 1 aromatic carbocycles. The van der Waals surface area contributed by atoms with Crippen molar-refractivity contribution >= 4 is 21.4 Å². The lowest BCUT2D eigenvalue weighted by Gasteiger charge is -2.08. The van der Waals surface area contributed by atoms with Crippen LogP contribution in [0, 0.1) is 5.92 Å². The minimum absolute atomic E-state index is 0.0301. The molecule has 0 atom stereocenters.